The number of carbonyl (C=O) groups is 2. The van der Waals surface area contributed by atoms with Crippen LogP contribution in [0.25, 0.3) is 0 Å². The molecule has 0 aromatic carbocycles. The van der Waals surface area contributed by atoms with Gasteiger partial charge in [-0.3, -0.25) is 9.59 Å². The molecule has 19 heavy (non-hydrogen) atoms. The highest BCUT2D eigenvalue weighted by Crippen LogP contribution is 2.25. The van der Waals surface area contributed by atoms with Gasteiger partial charge in [0.2, 0.25) is 0 Å². The predicted octanol–water partition coefficient (Wildman–Crippen LogP) is 1.72. The molecule has 1 aliphatic heterocycles. The number of amides is 1. The van der Waals surface area contributed by atoms with E-state index in [4.69, 9.17) is 4.42 Å². The summed E-state index contributed by atoms with van der Waals surface area (Å²) in [5.41, 5.74) is 0.465. The molecule has 1 saturated heterocycles. The van der Waals surface area contributed by atoms with Crippen LogP contribution >= 0.6 is 0 Å². The molecule has 1 aromatic heterocycles. The Kier molecular flexibility index (Phi) is 3.93. The van der Waals surface area contributed by atoms with Gasteiger partial charge in [0, 0.05) is 13.1 Å². The molecule has 1 aliphatic rings. The summed E-state index contributed by atoms with van der Waals surface area (Å²) in [6, 6.07) is 1.62. The Bertz CT molecular complexity index is 470. The average Bonchev–Trinajstić information content (AvgIpc) is 2.96. The molecule has 5 heteroatoms. The van der Waals surface area contributed by atoms with Gasteiger partial charge in [0.25, 0.3) is 5.91 Å². The van der Waals surface area contributed by atoms with Gasteiger partial charge < -0.3 is 14.1 Å². The third-order valence-electron chi connectivity index (χ3n) is 3.78. The smallest absolute Gasteiger partial charge is 0.313 e. The fraction of sp³-hybridized carbons (Fsp3) is 0.571. The lowest BCUT2D eigenvalue weighted by Crippen LogP contribution is -2.29. The van der Waals surface area contributed by atoms with Gasteiger partial charge in [0.15, 0.2) is 0 Å². The van der Waals surface area contributed by atoms with Crippen molar-refractivity contribution >= 4 is 11.9 Å². The lowest BCUT2D eigenvalue weighted by atomic mass is 10.0. The molecule has 0 bridgehead atoms. The van der Waals surface area contributed by atoms with Gasteiger partial charge in [-0.25, -0.2) is 0 Å². The van der Waals surface area contributed by atoms with Gasteiger partial charge in [-0.15, -0.1) is 0 Å². The molecule has 0 saturated carbocycles. The van der Waals surface area contributed by atoms with E-state index in [-0.39, 0.29) is 12.3 Å². The van der Waals surface area contributed by atoms with Gasteiger partial charge in [0.1, 0.15) is 12.2 Å². The number of rotatable bonds is 3. The molecule has 1 amide bonds. The van der Waals surface area contributed by atoms with Gasteiger partial charge in [-0.1, -0.05) is 13.8 Å². The summed E-state index contributed by atoms with van der Waals surface area (Å²) in [4.78, 5) is 25.5. The van der Waals surface area contributed by atoms with Crippen molar-refractivity contribution < 1.29 is 18.7 Å². The van der Waals surface area contributed by atoms with E-state index >= 15 is 0 Å². The van der Waals surface area contributed by atoms with Crippen LogP contribution in [0, 0.1) is 11.8 Å². The summed E-state index contributed by atoms with van der Waals surface area (Å²) >= 11 is 0. The van der Waals surface area contributed by atoms with Crippen molar-refractivity contribution in [3.8, 4) is 0 Å². The molecule has 104 valence electrons. The van der Waals surface area contributed by atoms with Crippen LogP contribution in [0.1, 0.15) is 30.0 Å². The number of methoxy groups -OCH3 is 1. The van der Waals surface area contributed by atoms with E-state index in [2.05, 4.69) is 18.6 Å². The van der Waals surface area contributed by atoms with E-state index < -0.39 is 5.97 Å². The zero-order chi connectivity index (χ0) is 14.0. The minimum atomic E-state index is -0.410. The fourth-order valence-electron chi connectivity index (χ4n) is 2.34. The molecule has 5 nitrogen and oxygen atoms in total. The molecule has 0 radical (unpaired) electrons. The molecule has 0 aliphatic carbocycles. The normalized spacial score (nSPS) is 22.6. The number of hydrogen-bond donors (Lipinski definition) is 0. The first-order valence-corrected chi connectivity index (χ1v) is 6.45. The maximum absolute atomic E-state index is 12.4. The third kappa shape index (κ3) is 2.80. The van der Waals surface area contributed by atoms with Crippen molar-refractivity contribution in [1.82, 2.24) is 4.90 Å². The van der Waals surface area contributed by atoms with Crippen molar-refractivity contribution in [3.05, 3.63) is 23.7 Å². The van der Waals surface area contributed by atoms with Gasteiger partial charge in [-0.2, -0.15) is 0 Å². The summed E-state index contributed by atoms with van der Waals surface area (Å²) in [7, 11) is 1.32. The lowest BCUT2D eigenvalue weighted by Gasteiger charge is -2.15. The number of hydrogen-bond acceptors (Lipinski definition) is 4. The molecule has 1 fully saturated rings. The number of furan rings is 1. The average molecular weight is 265 g/mol. The van der Waals surface area contributed by atoms with Gasteiger partial charge >= 0.3 is 5.97 Å². The molecule has 0 N–H and O–H groups in total. The van der Waals surface area contributed by atoms with Crippen molar-refractivity contribution in [2.45, 2.75) is 20.3 Å². The topological polar surface area (TPSA) is 59.8 Å². The maximum Gasteiger partial charge on any atom is 0.313 e. The second-order valence-corrected chi connectivity index (χ2v) is 5.18. The van der Waals surface area contributed by atoms with Crippen LogP contribution in [-0.4, -0.2) is 37.0 Å². The SMILES string of the molecule is COC(=O)Cc1occc1C(=O)N1CC(C)C(C)C1. The van der Waals surface area contributed by atoms with Crippen LogP contribution in [0.5, 0.6) is 0 Å². The molecular formula is C14H19NO4. The maximum atomic E-state index is 12.4. The monoisotopic (exact) mass is 265 g/mol. The Labute approximate surface area is 112 Å². The van der Waals surface area contributed by atoms with Crippen LogP contribution in [0.2, 0.25) is 0 Å². The first-order chi connectivity index (χ1) is 9.02. The third-order valence-corrected chi connectivity index (χ3v) is 3.78. The Hall–Kier alpha value is -1.78. The second-order valence-electron chi connectivity index (χ2n) is 5.18. The summed E-state index contributed by atoms with van der Waals surface area (Å²) in [6.45, 7) is 5.79. The van der Waals surface area contributed by atoms with Crippen LogP contribution in [0.3, 0.4) is 0 Å². The highest BCUT2D eigenvalue weighted by molar-refractivity contribution is 5.96. The van der Waals surface area contributed by atoms with Crippen LogP contribution in [0.15, 0.2) is 16.7 Å². The van der Waals surface area contributed by atoms with Crippen molar-refractivity contribution in [1.29, 1.82) is 0 Å². The number of ether oxygens (including phenoxy) is 1. The molecule has 1 aromatic rings. The first kappa shape index (κ1) is 13.6. The number of nitrogens with zero attached hydrogens (tertiary/aromatic N) is 1. The summed E-state index contributed by atoms with van der Waals surface area (Å²) in [5.74, 6) is 0.903. The minimum absolute atomic E-state index is 0.0104. The van der Waals surface area contributed by atoms with Crippen molar-refractivity contribution in [2.75, 3.05) is 20.2 Å². The van der Waals surface area contributed by atoms with Crippen LogP contribution in [-0.2, 0) is 16.0 Å². The largest absolute Gasteiger partial charge is 0.469 e. The van der Waals surface area contributed by atoms with E-state index in [1.807, 2.05) is 4.90 Å². The Morgan fingerprint density at radius 1 is 1.37 bits per heavy atom. The number of likely N-dealkylation sites (tertiary alicyclic amines) is 1. The molecule has 2 unspecified atom stereocenters. The fourth-order valence-corrected chi connectivity index (χ4v) is 2.34. The molecule has 0 spiro atoms. The van der Waals surface area contributed by atoms with E-state index in [1.54, 1.807) is 6.07 Å². The zero-order valence-electron chi connectivity index (χ0n) is 11.5. The van der Waals surface area contributed by atoms with Crippen molar-refractivity contribution in [2.24, 2.45) is 11.8 Å². The summed E-state index contributed by atoms with van der Waals surface area (Å²) in [6.07, 6.45) is 1.43. The molecule has 2 rings (SSSR count). The minimum Gasteiger partial charge on any atom is -0.469 e. The first-order valence-electron chi connectivity index (χ1n) is 6.45. The predicted molar refractivity (Wildman–Crippen MR) is 68.7 cm³/mol. The number of carbonyl (C=O) groups excluding carboxylic acids is 2. The van der Waals surface area contributed by atoms with Gasteiger partial charge in [-0.05, 0) is 17.9 Å². The van der Waals surface area contributed by atoms with E-state index in [0.717, 1.165) is 13.1 Å². The van der Waals surface area contributed by atoms with Crippen LogP contribution in [0.4, 0.5) is 0 Å². The molecule has 2 atom stereocenters. The van der Waals surface area contributed by atoms with Crippen molar-refractivity contribution in [3.63, 3.8) is 0 Å². The lowest BCUT2D eigenvalue weighted by molar-refractivity contribution is -0.140. The Morgan fingerprint density at radius 2 is 2.00 bits per heavy atom. The summed E-state index contributed by atoms with van der Waals surface area (Å²) < 4.78 is 9.82. The van der Waals surface area contributed by atoms with Crippen LogP contribution < -0.4 is 0 Å². The quantitative estimate of drug-likeness (QED) is 0.781. The van der Waals surface area contributed by atoms with E-state index in [1.165, 1.54) is 13.4 Å². The number of esters is 1. The second kappa shape index (κ2) is 5.47. The van der Waals surface area contributed by atoms with Gasteiger partial charge in [0.05, 0.1) is 18.9 Å². The van der Waals surface area contributed by atoms with E-state index in [9.17, 15) is 9.59 Å². The standard InChI is InChI=1S/C14H19NO4/c1-9-7-15(8-10(9)2)14(17)11-4-5-19-12(11)6-13(16)18-3/h4-5,9-10H,6-8H2,1-3H3. The summed E-state index contributed by atoms with van der Waals surface area (Å²) in [5, 5.41) is 0. The Balaban J connectivity index is 2.12. The molecular weight excluding hydrogens is 246 g/mol. The highest BCUT2D eigenvalue weighted by Gasteiger charge is 2.31. The highest BCUT2D eigenvalue weighted by atomic mass is 16.5. The molecule has 2 heterocycles. The Morgan fingerprint density at radius 3 is 2.58 bits per heavy atom. The van der Waals surface area contributed by atoms with E-state index in [0.29, 0.717) is 23.2 Å². The zero-order valence-corrected chi connectivity index (χ0v) is 11.5.